The smallest absolute Gasteiger partial charge is 0.408 e. The number of hydrogen-bond acceptors (Lipinski definition) is 4. The highest BCUT2D eigenvalue weighted by Crippen LogP contribution is 2.16. The van der Waals surface area contributed by atoms with Crippen LogP contribution in [0.3, 0.4) is 0 Å². The van der Waals surface area contributed by atoms with Crippen molar-refractivity contribution in [3.63, 3.8) is 0 Å². The maximum atomic E-state index is 13.4. The number of para-hydroxylation sites is 1. The summed E-state index contributed by atoms with van der Waals surface area (Å²) in [6, 6.07) is 28.8. The predicted molar refractivity (Wildman–Crippen MR) is 129 cm³/mol. The van der Waals surface area contributed by atoms with Crippen LogP contribution in [0.15, 0.2) is 91.0 Å². The van der Waals surface area contributed by atoms with Gasteiger partial charge in [0, 0.05) is 38.3 Å². The highest BCUT2D eigenvalue weighted by molar-refractivity contribution is 5.86. The van der Waals surface area contributed by atoms with Gasteiger partial charge in [-0.2, -0.15) is 0 Å². The van der Waals surface area contributed by atoms with Gasteiger partial charge in [-0.25, -0.2) is 4.79 Å². The molecule has 33 heavy (non-hydrogen) atoms. The van der Waals surface area contributed by atoms with E-state index in [-0.39, 0.29) is 12.5 Å². The molecule has 0 bridgehead atoms. The van der Waals surface area contributed by atoms with Crippen LogP contribution in [0.2, 0.25) is 0 Å². The molecule has 1 aliphatic heterocycles. The van der Waals surface area contributed by atoms with Crippen molar-refractivity contribution < 1.29 is 14.3 Å². The fourth-order valence-electron chi connectivity index (χ4n) is 4.00. The monoisotopic (exact) mass is 443 g/mol. The number of anilines is 1. The Morgan fingerprint density at radius 1 is 0.758 bits per heavy atom. The quantitative estimate of drug-likeness (QED) is 0.602. The number of ether oxygens (including phenoxy) is 1. The van der Waals surface area contributed by atoms with Crippen LogP contribution >= 0.6 is 0 Å². The van der Waals surface area contributed by atoms with Gasteiger partial charge in [0.25, 0.3) is 0 Å². The number of nitrogens with zero attached hydrogens (tertiary/aromatic N) is 2. The molecule has 6 heteroatoms. The average Bonchev–Trinajstić information content (AvgIpc) is 2.88. The highest BCUT2D eigenvalue weighted by atomic mass is 16.5. The zero-order valence-electron chi connectivity index (χ0n) is 18.6. The number of benzene rings is 3. The molecule has 3 aromatic carbocycles. The number of alkyl carbamates (subject to hydrolysis) is 1. The van der Waals surface area contributed by atoms with Crippen molar-refractivity contribution in [1.29, 1.82) is 0 Å². The largest absolute Gasteiger partial charge is 0.445 e. The molecule has 1 fully saturated rings. The van der Waals surface area contributed by atoms with Crippen molar-refractivity contribution >= 4 is 17.7 Å². The molecular weight excluding hydrogens is 414 g/mol. The zero-order valence-corrected chi connectivity index (χ0v) is 18.6. The van der Waals surface area contributed by atoms with Crippen LogP contribution in [0, 0.1) is 0 Å². The van der Waals surface area contributed by atoms with Crippen molar-refractivity contribution in [3.05, 3.63) is 102 Å². The van der Waals surface area contributed by atoms with Gasteiger partial charge in [-0.15, -0.1) is 0 Å². The van der Waals surface area contributed by atoms with Crippen LogP contribution in [-0.2, 0) is 22.6 Å². The van der Waals surface area contributed by atoms with Crippen molar-refractivity contribution in [2.75, 3.05) is 31.1 Å². The first kappa shape index (κ1) is 22.4. The Balaban J connectivity index is 1.38. The second kappa shape index (κ2) is 11.2. The molecule has 4 rings (SSSR count). The Kier molecular flexibility index (Phi) is 7.59. The summed E-state index contributed by atoms with van der Waals surface area (Å²) in [6.45, 7) is 2.90. The molecule has 1 heterocycles. The lowest BCUT2D eigenvalue weighted by Gasteiger charge is -2.37. The standard InChI is InChI=1S/C27H29N3O3/c31-26(30-18-16-29(17-19-30)24-14-8-3-9-15-24)25(20-22-10-4-1-5-11-22)28-27(32)33-21-23-12-6-2-7-13-23/h1-15,25H,16-21H2,(H,28,32)/t25-/m0/s1. The van der Waals surface area contributed by atoms with Crippen molar-refractivity contribution in [2.24, 2.45) is 0 Å². The summed E-state index contributed by atoms with van der Waals surface area (Å²) in [5.74, 6) is -0.0803. The van der Waals surface area contributed by atoms with Gasteiger partial charge in [-0.05, 0) is 23.3 Å². The SMILES string of the molecule is O=C(N[C@@H](Cc1ccccc1)C(=O)N1CCN(c2ccccc2)CC1)OCc1ccccc1. The van der Waals surface area contributed by atoms with E-state index in [9.17, 15) is 9.59 Å². The van der Waals surface area contributed by atoms with Gasteiger partial charge in [0.05, 0.1) is 0 Å². The van der Waals surface area contributed by atoms with E-state index in [1.165, 1.54) is 0 Å². The maximum Gasteiger partial charge on any atom is 0.408 e. The Bertz CT molecular complexity index is 1020. The Morgan fingerprint density at radius 3 is 1.91 bits per heavy atom. The summed E-state index contributed by atoms with van der Waals surface area (Å²) in [7, 11) is 0. The molecule has 1 atom stereocenters. The molecule has 6 nitrogen and oxygen atoms in total. The summed E-state index contributed by atoms with van der Waals surface area (Å²) in [5.41, 5.74) is 3.05. The lowest BCUT2D eigenvalue weighted by atomic mass is 10.0. The van der Waals surface area contributed by atoms with Gasteiger partial charge in [0.1, 0.15) is 12.6 Å². The Hall–Kier alpha value is -3.80. The van der Waals surface area contributed by atoms with Crippen LogP contribution in [-0.4, -0.2) is 49.1 Å². The summed E-state index contributed by atoms with van der Waals surface area (Å²) < 4.78 is 5.38. The van der Waals surface area contributed by atoms with Crippen molar-refractivity contribution in [3.8, 4) is 0 Å². The van der Waals surface area contributed by atoms with Gasteiger partial charge in [0.2, 0.25) is 5.91 Å². The first-order valence-corrected chi connectivity index (χ1v) is 11.3. The Morgan fingerprint density at radius 2 is 1.30 bits per heavy atom. The predicted octanol–water partition coefficient (Wildman–Crippen LogP) is 3.87. The van der Waals surface area contributed by atoms with E-state index < -0.39 is 12.1 Å². The molecule has 3 aromatic rings. The fourth-order valence-corrected chi connectivity index (χ4v) is 4.00. The lowest BCUT2D eigenvalue weighted by molar-refractivity contribution is -0.133. The molecule has 0 aromatic heterocycles. The number of piperazine rings is 1. The molecular formula is C27H29N3O3. The third-order valence-corrected chi connectivity index (χ3v) is 5.80. The van der Waals surface area contributed by atoms with E-state index in [1.54, 1.807) is 0 Å². The van der Waals surface area contributed by atoms with E-state index in [2.05, 4.69) is 22.3 Å². The van der Waals surface area contributed by atoms with Crippen molar-refractivity contribution in [2.45, 2.75) is 19.1 Å². The van der Waals surface area contributed by atoms with E-state index in [0.29, 0.717) is 19.5 Å². The van der Waals surface area contributed by atoms with Crippen LogP contribution in [0.25, 0.3) is 0 Å². The molecule has 0 saturated carbocycles. The number of carbonyl (C=O) groups excluding carboxylic acids is 2. The minimum absolute atomic E-state index is 0.0803. The van der Waals surface area contributed by atoms with Gasteiger partial charge in [-0.1, -0.05) is 78.9 Å². The summed E-state index contributed by atoms with van der Waals surface area (Å²) in [6.07, 6.45) is -0.171. The molecule has 2 amide bonds. The first-order valence-electron chi connectivity index (χ1n) is 11.3. The second-order valence-corrected chi connectivity index (χ2v) is 8.10. The molecule has 0 spiro atoms. The lowest BCUT2D eigenvalue weighted by Crippen LogP contribution is -2.55. The number of amides is 2. The Labute approximate surface area is 194 Å². The number of carbonyl (C=O) groups is 2. The normalized spacial score (nSPS) is 14.4. The molecule has 1 aliphatic rings. The van der Waals surface area contributed by atoms with Crippen molar-refractivity contribution in [1.82, 2.24) is 10.2 Å². The summed E-state index contributed by atoms with van der Waals surface area (Å²) >= 11 is 0. The van der Waals surface area contributed by atoms with Gasteiger partial charge >= 0.3 is 6.09 Å². The number of hydrogen-bond donors (Lipinski definition) is 1. The molecule has 1 N–H and O–H groups in total. The van der Waals surface area contributed by atoms with E-state index in [4.69, 9.17) is 4.74 Å². The number of rotatable bonds is 7. The number of nitrogens with one attached hydrogen (secondary N) is 1. The molecule has 0 aliphatic carbocycles. The second-order valence-electron chi connectivity index (χ2n) is 8.10. The average molecular weight is 444 g/mol. The summed E-state index contributed by atoms with van der Waals surface area (Å²) in [5, 5.41) is 2.81. The minimum Gasteiger partial charge on any atom is -0.445 e. The highest BCUT2D eigenvalue weighted by Gasteiger charge is 2.29. The molecule has 1 saturated heterocycles. The third kappa shape index (κ3) is 6.35. The minimum atomic E-state index is -0.682. The van der Waals surface area contributed by atoms with Gasteiger partial charge in [0.15, 0.2) is 0 Å². The topological polar surface area (TPSA) is 61.9 Å². The van der Waals surface area contributed by atoms with E-state index >= 15 is 0 Å². The molecule has 170 valence electrons. The van der Waals surface area contributed by atoms with E-state index in [0.717, 1.165) is 29.9 Å². The van der Waals surface area contributed by atoms with Gasteiger partial charge in [-0.3, -0.25) is 4.79 Å². The summed E-state index contributed by atoms with van der Waals surface area (Å²) in [4.78, 5) is 30.0. The van der Waals surface area contributed by atoms with Crippen LogP contribution in [0.1, 0.15) is 11.1 Å². The third-order valence-electron chi connectivity index (χ3n) is 5.80. The molecule has 0 radical (unpaired) electrons. The van der Waals surface area contributed by atoms with Crippen LogP contribution in [0.5, 0.6) is 0 Å². The van der Waals surface area contributed by atoms with E-state index in [1.807, 2.05) is 83.8 Å². The van der Waals surface area contributed by atoms with Gasteiger partial charge < -0.3 is 19.9 Å². The fraction of sp³-hybridized carbons (Fsp3) is 0.259. The molecule has 0 unspecified atom stereocenters. The first-order chi connectivity index (χ1) is 16.2. The van der Waals surface area contributed by atoms with Crippen LogP contribution < -0.4 is 10.2 Å². The maximum absolute atomic E-state index is 13.4. The zero-order chi connectivity index (χ0) is 22.9. The van der Waals surface area contributed by atoms with Crippen LogP contribution in [0.4, 0.5) is 10.5 Å².